The summed E-state index contributed by atoms with van der Waals surface area (Å²) in [5.74, 6) is 0. The minimum absolute atomic E-state index is 0. The average molecular weight is 870 g/mol. The van der Waals surface area contributed by atoms with Crippen molar-refractivity contribution in [2.75, 3.05) is 0 Å². The van der Waals surface area contributed by atoms with Crippen LogP contribution in [0.15, 0.2) is 109 Å². The molecule has 3 heteroatoms. The first-order valence-corrected chi connectivity index (χ1v) is 19.2. The molecule has 264 valence electrons. The summed E-state index contributed by atoms with van der Waals surface area (Å²) in [6.07, 6.45) is 1.03. The van der Waals surface area contributed by atoms with E-state index < -0.39 is 0 Å². The third kappa shape index (κ3) is 11.5. The molecule has 0 saturated carbocycles. The first-order chi connectivity index (χ1) is 22.2. The van der Waals surface area contributed by atoms with E-state index in [0.29, 0.717) is 0 Å². The van der Waals surface area contributed by atoms with E-state index >= 15 is 0 Å². The van der Waals surface area contributed by atoms with E-state index in [-0.39, 0.29) is 46.5 Å². The van der Waals surface area contributed by atoms with Crippen molar-refractivity contribution >= 4 is 3.26 Å². The van der Waals surface area contributed by atoms with Gasteiger partial charge in [0.15, 0.2) is 0 Å². The summed E-state index contributed by atoms with van der Waals surface area (Å²) < 4.78 is 1.47. The summed E-state index contributed by atoms with van der Waals surface area (Å²) in [6, 6.07) is 43.4. The fourth-order valence-electron chi connectivity index (χ4n) is 5.79. The molecule has 0 radical (unpaired) electrons. The number of hydrogen-bond acceptors (Lipinski definition) is 0. The molecule has 5 aromatic carbocycles. The van der Waals surface area contributed by atoms with Gasteiger partial charge in [-0.2, -0.15) is 42.0 Å². The molecule has 0 N–H and O–H groups in total. The van der Waals surface area contributed by atoms with Gasteiger partial charge in [-0.25, -0.2) is 12.1 Å². The molecule has 0 saturated heterocycles. The monoisotopic (exact) mass is 870 g/mol. The van der Waals surface area contributed by atoms with E-state index in [1.165, 1.54) is 58.9 Å². The quantitative estimate of drug-likeness (QED) is 0.139. The van der Waals surface area contributed by atoms with Crippen molar-refractivity contribution < 1.29 is 48.7 Å². The van der Waals surface area contributed by atoms with Crippen molar-refractivity contribution in [1.82, 2.24) is 0 Å². The van der Waals surface area contributed by atoms with Crippen molar-refractivity contribution in [3.8, 4) is 11.1 Å². The maximum atomic E-state index is 3.67. The Morgan fingerprint density at radius 3 is 1.34 bits per heavy atom. The average Bonchev–Trinajstić information content (AvgIpc) is 3.71. The van der Waals surface area contributed by atoms with Gasteiger partial charge in [0.25, 0.3) is 0 Å². The van der Waals surface area contributed by atoms with Crippen molar-refractivity contribution in [3.63, 3.8) is 0 Å². The van der Waals surface area contributed by atoms with Gasteiger partial charge in [0, 0.05) is 0 Å². The third-order valence-corrected chi connectivity index (χ3v) is 11.2. The largest absolute Gasteiger partial charge is 1.00 e. The van der Waals surface area contributed by atoms with Gasteiger partial charge in [0.2, 0.25) is 0 Å². The number of benzene rings is 4. The maximum absolute atomic E-state index is 3.67. The Labute approximate surface area is 331 Å². The normalized spacial score (nSPS) is 12.1. The third-order valence-electron chi connectivity index (χ3n) is 9.10. The maximum Gasteiger partial charge on any atom is -0.172 e. The zero-order valence-corrected chi connectivity index (χ0v) is 37.5. The molecule has 0 unspecified atom stereocenters. The van der Waals surface area contributed by atoms with Gasteiger partial charge >= 0.3 is 150 Å². The molecule has 0 amide bonds. The van der Waals surface area contributed by atoms with Crippen LogP contribution < -0.4 is 24.8 Å². The van der Waals surface area contributed by atoms with Crippen molar-refractivity contribution in [1.29, 1.82) is 0 Å². The summed E-state index contributed by atoms with van der Waals surface area (Å²) >= 11 is 1.06. The van der Waals surface area contributed by atoms with Crippen molar-refractivity contribution in [2.45, 2.75) is 111 Å². The van der Waals surface area contributed by atoms with Crippen LogP contribution in [0.1, 0.15) is 128 Å². The summed E-state index contributed by atoms with van der Waals surface area (Å²) in [6.45, 7) is 27.2. The molecular weight excluding hydrogens is 814 g/mol. The first kappa shape index (κ1) is 43.7. The van der Waals surface area contributed by atoms with Gasteiger partial charge in [0.1, 0.15) is 0 Å². The molecule has 0 heterocycles. The summed E-state index contributed by atoms with van der Waals surface area (Å²) in [4.78, 5) is 0. The second-order valence-electron chi connectivity index (χ2n) is 17.3. The van der Waals surface area contributed by atoms with Gasteiger partial charge < -0.3 is 24.8 Å². The van der Waals surface area contributed by atoms with Gasteiger partial charge in [-0.05, 0) is 28.4 Å². The van der Waals surface area contributed by atoms with Crippen LogP contribution in [0.3, 0.4) is 0 Å². The Morgan fingerprint density at radius 2 is 0.960 bits per heavy atom. The van der Waals surface area contributed by atoms with E-state index in [1.54, 1.807) is 0 Å². The molecule has 6 rings (SSSR count). The predicted octanol–water partition coefficient (Wildman–Crippen LogP) is 6.46. The number of halogens is 2. The summed E-state index contributed by atoms with van der Waals surface area (Å²) in [5, 5.41) is 0. The van der Waals surface area contributed by atoms with E-state index in [2.05, 4.69) is 168 Å². The Kier molecular flexibility index (Phi) is 15.2. The van der Waals surface area contributed by atoms with Crippen molar-refractivity contribution in [3.05, 3.63) is 160 Å². The van der Waals surface area contributed by atoms with Gasteiger partial charge in [-0.3, -0.25) is 0 Å². The molecule has 1 aliphatic carbocycles. The molecule has 1 aliphatic rings. The van der Waals surface area contributed by atoms with Crippen LogP contribution in [-0.2, 0) is 52.0 Å². The van der Waals surface area contributed by atoms with Crippen LogP contribution >= 0.6 is 0 Å². The Bertz CT molecular complexity index is 1660. The standard InChI is InChI=1S/C21H25.C21H26.C5H5.2ClH.Hf/c1-20(2,3)16-7-9-18-14(12-16)11-15-13-17(21(4,5)6)8-10-19(15)18;1-20(2,3)18-11-7-16(8-12-18)15-17-9-13-19(14-10-17)21(4,5)6;1-2-4-5-3-1;;;/h7-10,12H,11H2,1-6H3;7-14H,1-6H3;1-5H;2*1H;/q-1;;-1;;;+2/p-2. The second kappa shape index (κ2) is 17.4. The molecule has 0 atom stereocenters. The Balaban J connectivity index is 0.000000293. The number of fused-ring (bicyclic) bond motifs is 3. The fourth-order valence-corrected chi connectivity index (χ4v) is 6.99. The Morgan fingerprint density at radius 1 is 0.540 bits per heavy atom. The van der Waals surface area contributed by atoms with Crippen LogP contribution in [0.5, 0.6) is 0 Å². The predicted molar refractivity (Wildman–Crippen MR) is 206 cm³/mol. The van der Waals surface area contributed by atoms with Crippen LogP contribution in [0, 0.1) is 6.07 Å². The van der Waals surface area contributed by atoms with E-state index in [0.717, 1.165) is 30.3 Å². The van der Waals surface area contributed by atoms with E-state index in [1.807, 2.05) is 30.3 Å². The zero-order chi connectivity index (χ0) is 35.5. The molecular formula is C47H56Cl2Hf-2. The molecule has 0 aliphatic heterocycles. The molecule has 0 nitrogen and oxygen atoms in total. The fraction of sp³-hybridized carbons (Fsp3) is 0.362. The summed E-state index contributed by atoms with van der Waals surface area (Å²) in [7, 11) is 0. The van der Waals surface area contributed by atoms with Crippen LogP contribution in [-0.4, -0.2) is 3.26 Å². The van der Waals surface area contributed by atoms with Crippen LogP contribution in [0.25, 0.3) is 11.1 Å². The topological polar surface area (TPSA) is 0 Å². The minimum Gasteiger partial charge on any atom is -1.00 e. The molecule has 0 fully saturated rings. The second-order valence-corrected chi connectivity index (χ2v) is 19.1. The zero-order valence-electron chi connectivity index (χ0n) is 32.4. The number of rotatable bonds is 2. The van der Waals surface area contributed by atoms with E-state index in [4.69, 9.17) is 0 Å². The number of hydrogen-bond donors (Lipinski definition) is 0. The summed E-state index contributed by atoms with van der Waals surface area (Å²) in [5.41, 5.74) is 14.7. The van der Waals surface area contributed by atoms with Crippen LogP contribution in [0.4, 0.5) is 0 Å². The molecule has 0 aromatic heterocycles. The van der Waals surface area contributed by atoms with Gasteiger partial charge in [-0.15, -0.1) is 11.1 Å². The van der Waals surface area contributed by atoms with Gasteiger partial charge in [-0.1, -0.05) is 65.3 Å². The van der Waals surface area contributed by atoms with Gasteiger partial charge in [0.05, 0.1) is 0 Å². The SMILES string of the molecule is CC(C)(C)c1[c-]c2c(cc1)-c1ccc(C(C)(C)C)cc1C2.CC(C)(C)c1ccc([C](=[Hf+2])c2ccc(C(C)(C)C)cc2)cc1.[Cl-].[Cl-].c1cc[cH-]c1. The Hall–Kier alpha value is -2.45. The van der Waals surface area contributed by atoms with E-state index in [9.17, 15) is 0 Å². The molecule has 0 bridgehead atoms. The molecule has 0 spiro atoms. The van der Waals surface area contributed by atoms with Crippen molar-refractivity contribution in [2.24, 2.45) is 0 Å². The van der Waals surface area contributed by atoms with Crippen LogP contribution in [0.2, 0.25) is 0 Å². The first-order valence-electron chi connectivity index (χ1n) is 17.4. The molecule has 5 aromatic rings. The minimum atomic E-state index is 0. The molecule has 50 heavy (non-hydrogen) atoms. The smallest absolute Gasteiger partial charge is 0.172 e.